The first-order valence-electron chi connectivity index (χ1n) is 8.40. The van der Waals surface area contributed by atoms with Crippen LogP contribution in [0.2, 0.25) is 0 Å². The molecule has 0 spiro atoms. The molecule has 2 N–H and O–H groups in total. The van der Waals surface area contributed by atoms with Crippen molar-refractivity contribution >= 4 is 28.7 Å². The lowest BCUT2D eigenvalue weighted by molar-refractivity contribution is 0.744. The lowest BCUT2D eigenvalue weighted by Crippen LogP contribution is -2.38. The zero-order valence-corrected chi connectivity index (χ0v) is 15.9. The van der Waals surface area contributed by atoms with Crippen molar-refractivity contribution in [3.8, 4) is 0 Å². The van der Waals surface area contributed by atoms with Crippen LogP contribution in [0.25, 0.3) is 0 Å². The van der Waals surface area contributed by atoms with Crippen LogP contribution in [0.3, 0.4) is 0 Å². The molecule has 1 atom stereocenters. The zero-order valence-electron chi connectivity index (χ0n) is 14.2. The van der Waals surface area contributed by atoms with E-state index in [-0.39, 0.29) is 6.04 Å². The molecular weight excluding hydrogens is 344 g/mol. The predicted octanol–water partition coefficient (Wildman–Crippen LogP) is 4.85. The van der Waals surface area contributed by atoms with Gasteiger partial charge in [0.1, 0.15) is 0 Å². The van der Waals surface area contributed by atoms with E-state index in [1.165, 1.54) is 21.6 Å². The van der Waals surface area contributed by atoms with Crippen LogP contribution in [0, 0.1) is 6.92 Å². The molecule has 2 nitrogen and oxygen atoms in total. The highest BCUT2D eigenvalue weighted by Crippen LogP contribution is 2.26. The van der Waals surface area contributed by atoms with E-state index in [4.69, 9.17) is 12.2 Å². The summed E-state index contributed by atoms with van der Waals surface area (Å²) in [6, 6.07) is 23.4. The molecule has 0 saturated heterocycles. The van der Waals surface area contributed by atoms with Gasteiger partial charge in [-0.25, -0.2) is 0 Å². The Morgan fingerprint density at radius 2 is 1.76 bits per heavy atom. The molecule has 128 valence electrons. The predicted molar refractivity (Wildman–Crippen MR) is 111 cm³/mol. The fraction of sp³-hybridized carbons (Fsp3) is 0.190. The van der Waals surface area contributed by atoms with Gasteiger partial charge >= 0.3 is 0 Å². The second-order valence-corrected chi connectivity index (χ2v) is 7.38. The summed E-state index contributed by atoms with van der Waals surface area (Å²) in [5.74, 6) is 0. The van der Waals surface area contributed by atoms with Crippen molar-refractivity contribution in [2.24, 2.45) is 0 Å². The molecule has 0 bridgehead atoms. The van der Waals surface area contributed by atoms with Gasteiger partial charge in [0.2, 0.25) is 0 Å². The summed E-state index contributed by atoms with van der Waals surface area (Å²) in [5.41, 5.74) is 3.80. The van der Waals surface area contributed by atoms with Crippen LogP contribution >= 0.6 is 23.6 Å². The van der Waals surface area contributed by atoms with E-state index in [0.29, 0.717) is 5.11 Å². The summed E-state index contributed by atoms with van der Waals surface area (Å²) < 4.78 is 0. The third-order valence-corrected chi connectivity index (χ3v) is 5.26. The van der Waals surface area contributed by atoms with E-state index in [1.54, 1.807) is 11.3 Å². The molecule has 3 rings (SSSR count). The van der Waals surface area contributed by atoms with E-state index in [9.17, 15) is 0 Å². The number of hydrogen-bond donors (Lipinski definition) is 2. The number of rotatable bonds is 6. The van der Waals surface area contributed by atoms with Crippen molar-refractivity contribution in [3.05, 3.63) is 93.7 Å². The Balaban J connectivity index is 1.62. The van der Waals surface area contributed by atoms with Gasteiger partial charge < -0.3 is 10.6 Å². The van der Waals surface area contributed by atoms with Gasteiger partial charge in [-0.3, -0.25) is 0 Å². The fourth-order valence-electron chi connectivity index (χ4n) is 2.68. The zero-order chi connectivity index (χ0) is 17.5. The molecule has 0 unspecified atom stereocenters. The van der Waals surface area contributed by atoms with Crippen LogP contribution in [0.1, 0.15) is 27.6 Å². The molecule has 0 radical (unpaired) electrons. The highest BCUT2D eigenvalue weighted by molar-refractivity contribution is 7.80. The van der Waals surface area contributed by atoms with Crippen LogP contribution in [0.5, 0.6) is 0 Å². The van der Waals surface area contributed by atoms with Crippen molar-refractivity contribution in [3.63, 3.8) is 0 Å². The number of aryl methyl sites for hydroxylation is 1. The Labute approximate surface area is 158 Å². The van der Waals surface area contributed by atoms with E-state index in [2.05, 4.69) is 83.6 Å². The largest absolute Gasteiger partial charge is 0.362 e. The van der Waals surface area contributed by atoms with E-state index < -0.39 is 0 Å². The SMILES string of the molecule is Cc1ccc([C@@H](NC(=S)NCCc2ccccc2)c2cccs2)cc1. The summed E-state index contributed by atoms with van der Waals surface area (Å²) >= 11 is 7.27. The van der Waals surface area contributed by atoms with Crippen molar-refractivity contribution < 1.29 is 0 Å². The standard InChI is InChI=1S/C21H22N2S2/c1-16-9-11-18(12-10-16)20(19-8-5-15-25-19)23-21(24)22-14-13-17-6-3-2-4-7-17/h2-12,15,20H,13-14H2,1H3,(H2,22,23,24)/t20-/m1/s1. The second-order valence-electron chi connectivity index (χ2n) is 5.99. The fourth-order valence-corrected chi connectivity index (χ4v) is 3.70. The van der Waals surface area contributed by atoms with Gasteiger partial charge in [0.15, 0.2) is 5.11 Å². The highest BCUT2D eigenvalue weighted by atomic mass is 32.1. The molecule has 1 aromatic heterocycles. The normalized spacial score (nSPS) is 11.7. The molecule has 0 amide bonds. The first-order chi connectivity index (χ1) is 12.2. The Hall–Kier alpha value is -2.17. The number of nitrogens with one attached hydrogen (secondary N) is 2. The van der Waals surface area contributed by atoms with Gasteiger partial charge in [0.05, 0.1) is 6.04 Å². The molecule has 0 aliphatic rings. The van der Waals surface area contributed by atoms with E-state index in [1.807, 2.05) is 6.07 Å². The minimum Gasteiger partial charge on any atom is -0.362 e. The molecule has 25 heavy (non-hydrogen) atoms. The van der Waals surface area contributed by atoms with Crippen LogP contribution in [0.15, 0.2) is 72.1 Å². The molecular formula is C21H22N2S2. The number of benzene rings is 2. The quantitative estimate of drug-likeness (QED) is 0.610. The smallest absolute Gasteiger partial charge is 0.167 e. The topological polar surface area (TPSA) is 24.1 Å². The number of thiophene rings is 1. The first kappa shape index (κ1) is 17.6. The summed E-state index contributed by atoms with van der Waals surface area (Å²) in [6.07, 6.45) is 0.955. The Bertz CT molecular complexity index is 781. The average molecular weight is 367 g/mol. The van der Waals surface area contributed by atoms with Gasteiger partial charge in [0.25, 0.3) is 0 Å². The summed E-state index contributed by atoms with van der Waals surface area (Å²) in [6.45, 7) is 2.92. The molecule has 0 aliphatic heterocycles. The maximum atomic E-state index is 5.53. The second kappa shape index (κ2) is 8.79. The van der Waals surface area contributed by atoms with Gasteiger partial charge in [-0.05, 0) is 48.1 Å². The van der Waals surface area contributed by atoms with Crippen LogP contribution < -0.4 is 10.6 Å². The van der Waals surface area contributed by atoms with Gasteiger partial charge in [-0.1, -0.05) is 66.2 Å². The Morgan fingerprint density at radius 1 is 1.00 bits per heavy atom. The molecule has 0 aliphatic carbocycles. The third-order valence-electron chi connectivity index (χ3n) is 4.06. The lowest BCUT2D eigenvalue weighted by atomic mass is 10.0. The van der Waals surface area contributed by atoms with Crippen LogP contribution in [0.4, 0.5) is 0 Å². The van der Waals surface area contributed by atoms with Gasteiger partial charge in [-0.15, -0.1) is 11.3 Å². The number of thiocarbonyl (C=S) groups is 1. The molecule has 4 heteroatoms. The summed E-state index contributed by atoms with van der Waals surface area (Å²) in [4.78, 5) is 1.26. The Kier molecular flexibility index (Phi) is 6.20. The van der Waals surface area contributed by atoms with Crippen LogP contribution in [-0.2, 0) is 6.42 Å². The molecule has 0 fully saturated rings. The average Bonchev–Trinajstić information content (AvgIpc) is 3.16. The number of hydrogen-bond acceptors (Lipinski definition) is 2. The minimum atomic E-state index is 0.0809. The lowest BCUT2D eigenvalue weighted by Gasteiger charge is -2.20. The van der Waals surface area contributed by atoms with Gasteiger partial charge in [-0.2, -0.15) is 0 Å². The molecule has 2 aromatic carbocycles. The summed E-state index contributed by atoms with van der Waals surface area (Å²) in [7, 11) is 0. The minimum absolute atomic E-state index is 0.0809. The summed E-state index contributed by atoms with van der Waals surface area (Å²) in [5, 5.41) is 9.59. The third kappa shape index (κ3) is 5.15. The van der Waals surface area contributed by atoms with Crippen molar-refractivity contribution in [2.75, 3.05) is 6.54 Å². The molecule has 0 saturated carbocycles. The van der Waals surface area contributed by atoms with E-state index >= 15 is 0 Å². The monoisotopic (exact) mass is 366 g/mol. The molecule has 1 heterocycles. The first-order valence-corrected chi connectivity index (χ1v) is 9.69. The van der Waals surface area contributed by atoms with Gasteiger partial charge in [0, 0.05) is 11.4 Å². The van der Waals surface area contributed by atoms with Crippen LogP contribution in [-0.4, -0.2) is 11.7 Å². The maximum Gasteiger partial charge on any atom is 0.167 e. The Morgan fingerprint density at radius 3 is 2.44 bits per heavy atom. The maximum absolute atomic E-state index is 5.53. The van der Waals surface area contributed by atoms with Crippen molar-refractivity contribution in [2.45, 2.75) is 19.4 Å². The molecule has 3 aromatic rings. The highest BCUT2D eigenvalue weighted by Gasteiger charge is 2.16. The van der Waals surface area contributed by atoms with E-state index in [0.717, 1.165) is 13.0 Å². The van der Waals surface area contributed by atoms with Crippen molar-refractivity contribution in [1.29, 1.82) is 0 Å². The van der Waals surface area contributed by atoms with Crippen molar-refractivity contribution in [1.82, 2.24) is 10.6 Å².